The van der Waals surface area contributed by atoms with Crippen LogP contribution in [0.15, 0.2) is 46.4 Å². The Morgan fingerprint density at radius 1 is 0.750 bits per heavy atom. The van der Waals surface area contributed by atoms with Gasteiger partial charge in [0.1, 0.15) is 18.2 Å². The average molecular weight is 544 g/mol. The third-order valence-electron chi connectivity index (χ3n) is 4.41. The Kier molecular flexibility index (Phi) is 15.3. The average Bonchev–Trinajstić information content (AvgIpc) is 2.67. The van der Waals surface area contributed by atoms with E-state index in [1.54, 1.807) is 24.6 Å². The molecule has 199 valence electrons. The SMILES string of the molecule is CC(=O)[O-].CC(=O)[O-].CC(C)(C)c1ccc(O)c(C=NCN=Cc2cc(C(C)(C)C)ccc2O)c1.[Co+2]. The third-order valence-corrected chi connectivity index (χ3v) is 4.41. The van der Waals surface area contributed by atoms with Crippen molar-refractivity contribution in [1.29, 1.82) is 0 Å². The summed E-state index contributed by atoms with van der Waals surface area (Å²) in [6.07, 6.45) is 3.26. The van der Waals surface area contributed by atoms with Crippen LogP contribution in [0.5, 0.6) is 11.5 Å². The number of nitrogens with zero attached hydrogens (tertiary/aromatic N) is 2. The maximum atomic E-state index is 10.0. The van der Waals surface area contributed by atoms with Crippen LogP contribution < -0.4 is 10.2 Å². The molecular formula is C27H36CoN2O6. The topological polar surface area (TPSA) is 145 Å². The smallest absolute Gasteiger partial charge is 0.550 e. The molecule has 0 aliphatic carbocycles. The molecule has 36 heavy (non-hydrogen) atoms. The van der Waals surface area contributed by atoms with Crippen LogP contribution in [-0.4, -0.2) is 41.2 Å². The molecular weight excluding hydrogens is 507 g/mol. The van der Waals surface area contributed by atoms with Crippen LogP contribution in [0.4, 0.5) is 0 Å². The minimum absolute atomic E-state index is 0. The Labute approximate surface area is 224 Å². The van der Waals surface area contributed by atoms with Crippen LogP contribution in [0.25, 0.3) is 0 Å². The van der Waals surface area contributed by atoms with Crippen molar-refractivity contribution in [2.45, 2.75) is 66.2 Å². The molecule has 9 heteroatoms. The molecule has 1 radical (unpaired) electrons. The van der Waals surface area contributed by atoms with E-state index >= 15 is 0 Å². The summed E-state index contributed by atoms with van der Waals surface area (Å²) in [5.41, 5.74) is 3.63. The van der Waals surface area contributed by atoms with Gasteiger partial charge in [-0.25, -0.2) is 0 Å². The predicted molar refractivity (Wildman–Crippen MR) is 135 cm³/mol. The largest absolute Gasteiger partial charge is 2.00 e. The number of carboxylic acid groups (broad SMARTS) is 2. The molecule has 0 unspecified atom stereocenters. The first-order valence-corrected chi connectivity index (χ1v) is 11.0. The van der Waals surface area contributed by atoms with Gasteiger partial charge in [-0.15, -0.1) is 0 Å². The van der Waals surface area contributed by atoms with Gasteiger partial charge in [-0.05, 0) is 60.1 Å². The molecule has 2 N–H and O–H groups in total. The standard InChI is InChI=1S/C23H30N2O2.2C2H4O2.Co/c1-22(2,3)18-7-9-20(26)16(11-18)13-24-15-25-14-17-12-19(23(4,5)6)8-10-21(17)27;2*1-2(3)4;/h7-14,26-27H,15H2,1-6H3;2*1H3,(H,3,4);/q;;;+2/p-2. The number of aliphatic imine (C=N–C) groups is 2. The zero-order valence-electron chi connectivity index (χ0n) is 22.1. The Morgan fingerprint density at radius 2 is 1.03 bits per heavy atom. The summed E-state index contributed by atoms with van der Waals surface area (Å²) < 4.78 is 0. The van der Waals surface area contributed by atoms with Gasteiger partial charge in [-0.3, -0.25) is 9.98 Å². The molecule has 0 saturated carbocycles. The molecule has 0 amide bonds. The maximum Gasteiger partial charge on any atom is 2.00 e. The summed E-state index contributed by atoms with van der Waals surface area (Å²) in [7, 11) is 0. The molecule has 0 atom stereocenters. The van der Waals surface area contributed by atoms with Crippen molar-refractivity contribution < 1.29 is 46.8 Å². The van der Waals surface area contributed by atoms with Gasteiger partial charge in [0.05, 0.1) is 0 Å². The second-order valence-corrected chi connectivity index (χ2v) is 9.80. The minimum Gasteiger partial charge on any atom is -0.550 e. The molecule has 0 aliphatic heterocycles. The molecule has 0 heterocycles. The monoisotopic (exact) mass is 543 g/mol. The van der Waals surface area contributed by atoms with Gasteiger partial charge in [-0.2, -0.15) is 0 Å². The van der Waals surface area contributed by atoms with Crippen LogP contribution in [0.1, 0.15) is 77.6 Å². The van der Waals surface area contributed by atoms with E-state index in [9.17, 15) is 10.2 Å². The summed E-state index contributed by atoms with van der Waals surface area (Å²) in [4.78, 5) is 26.3. The zero-order chi connectivity index (χ0) is 27.4. The zero-order valence-corrected chi connectivity index (χ0v) is 23.1. The molecule has 0 fully saturated rings. The number of hydrogen-bond acceptors (Lipinski definition) is 8. The Hall–Kier alpha value is -3.17. The third kappa shape index (κ3) is 15.0. The van der Waals surface area contributed by atoms with Crippen molar-refractivity contribution in [1.82, 2.24) is 0 Å². The van der Waals surface area contributed by atoms with Gasteiger partial charge in [0, 0.05) is 35.5 Å². The Morgan fingerprint density at radius 3 is 1.28 bits per heavy atom. The number of benzene rings is 2. The van der Waals surface area contributed by atoms with Gasteiger partial charge in [0.2, 0.25) is 0 Å². The molecule has 8 nitrogen and oxygen atoms in total. The second kappa shape index (κ2) is 15.7. The van der Waals surface area contributed by atoms with Crippen molar-refractivity contribution in [3.63, 3.8) is 0 Å². The summed E-state index contributed by atoms with van der Waals surface area (Å²) in [6.45, 7) is 14.9. The predicted octanol–water partition coefficient (Wildman–Crippen LogP) is 2.70. The summed E-state index contributed by atoms with van der Waals surface area (Å²) in [5.74, 6) is -1.77. The van der Waals surface area contributed by atoms with Crippen molar-refractivity contribution in [3.05, 3.63) is 58.7 Å². The first-order valence-electron chi connectivity index (χ1n) is 11.0. The van der Waals surface area contributed by atoms with E-state index in [0.29, 0.717) is 11.1 Å². The van der Waals surface area contributed by atoms with Crippen molar-refractivity contribution in [2.24, 2.45) is 9.98 Å². The fourth-order valence-corrected chi connectivity index (χ4v) is 2.57. The summed E-state index contributed by atoms with van der Waals surface area (Å²) >= 11 is 0. The van der Waals surface area contributed by atoms with Crippen LogP contribution in [0.2, 0.25) is 0 Å². The van der Waals surface area contributed by atoms with E-state index in [4.69, 9.17) is 19.8 Å². The molecule has 0 bridgehead atoms. The van der Waals surface area contributed by atoms with E-state index < -0.39 is 11.9 Å². The van der Waals surface area contributed by atoms with Crippen LogP contribution in [0.3, 0.4) is 0 Å². The summed E-state index contributed by atoms with van der Waals surface area (Å²) in [6, 6.07) is 11.1. The molecule has 0 aliphatic rings. The second-order valence-electron chi connectivity index (χ2n) is 9.80. The van der Waals surface area contributed by atoms with E-state index in [-0.39, 0.29) is 45.8 Å². The fourth-order valence-electron chi connectivity index (χ4n) is 2.57. The van der Waals surface area contributed by atoms with E-state index in [1.807, 2.05) is 24.3 Å². The molecule has 0 saturated heterocycles. The minimum atomic E-state index is -1.08. The first-order chi connectivity index (χ1) is 15.9. The number of carbonyl (C=O) groups is 2. The first kappa shape index (κ1) is 35.0. The summed E-state index contributed by atoms with van der Waals surface area (Å²) in [5, 5.41) is 37.8. The quantitative estimate of drug-likeness (QED) is 0.567. The molecule has 0 aromatic heterocycles. The number of carbonyl (C=O) groups excluding carboxylic acids is 2. The van der Waals surface area contributed by atoms with Crippen molar-refractivity contribution in [3.8, 4) is 11.5 Å². The number of aromatic hydroxyl groups is 2. The number of aliphatic carboxylic acids is 2. The van der Waals surface area contributed by atoms with Gasteiger partial charge < -0.3 is 30.0 Å². The van der Waals surface area contributed by atoms with Gasteiger partial charge in [0.25, 0.3) is 0 Å². The molecule has 2 aromatic rings. The molecule has 2 aromatic carbocycles. The van der Waals surface area contributed by atoms with E-state index in [2.05, 4.69) is 51.5 Å². The van der Waals surface area contributed by atoms with Crippen molar-refractivity contribution in [2.75, 3.05) is 6.67 Å². The molecule has 2 rings (SSSR count). The van der Waals surface area contributed by atoms with E-state index in [1.165, 1.54) is 0 Å². The number of phenolic OH excluding ortho intramolecular Hbond substituents is 2. The fraction of sp³-hybridized carbons (Fsp3) is 0.407. The Balaban J connectivity index is 0. The number of rotatable bonds is 4. The van der Waals surface area contributed by atoms with E-state index in [0.717, 1.165) is 25.0 Å². The molecule has 0 spiro atoms. The normalized spacial score (nSPS) is 11.1. The van der Waals surface area contributed by atoms with Crippen LogP contribution in [-0.2, 0) is 37.2 Å². The van der Waals surface area contributed by atoms with Crippen LogP contribution >= 0.6 is 0 Å². The number of carboxylic acids is 2. The van der Waals surface area contributed by atoms with Gasteiger partial charge in [-0.1, -0.05) is 53.7 Å². The number of phenols is 2. The van der Waals surface area contributed by atoms with Gasteiger partial charge in [0.15, 0.2) is 0 Å². The Bertz CT molecular complexity index is 960. The van der Waals surface area contributed by atoms with Gasteiger partial charge >= 0.3 is 16.8 Å². The number of hydrogen-bond donors (Lipinski definition) is 2. The maximum absolute atomic E-state index is 10.0. The van der Waals surface area contributed by atoms with Crippen LogP contribution in [0, 0.1) is 0 Å². The van der Waals surface area contributed by atoms with Crippen molar-refractivity contribution >= 4 is 24.4 Å².